The first-order valence-electron chi connectivity index (χ1n) is 8.38. The molecule has 0 bridgehead atoms. The van der Waals surface area contributed by atoms with Gasteiger partial charge >= 0.3 is 0 Å². The summed E-state index contributed by atoms with van der Waals surface area (Å²) in [5.41, 5.74) is 3.70. The molecule has 2 aliphatic heterocycles. The summed E-state index contributed by atoms with van der Waals surface area (Å²) in [6.07, 6.45) is 0. The molecule has 0 aliphatic carbocycles. The van der Waals surface area contributed by atoms with Gasteiger partial charge in [-0.05, 0) is 23.8 Å². The lowest BCUT2D eigenvalue weighted by Crippen LogP contribution is -2.47. The van der Waals surface area contributed by atoms with Crippen molar-refractivity contribution in [2.24, 2.45) is 0 Å². The maximum absolute atomic E-state index is 13.0. The Balaban J connectivity index is 1.89. The third-order valence-electron chi connectivity index (χ3n) is 5.34. The molecule has 1 amide bonds. The topological polar surface area (TPSA) is 32.3 Å². The minimum atomic E-state index is -0.542. The van der Waals surface area contributed by atoms with Crippen molar-refractivity contribution in [2.45, 2.75) is 12.6 Å². The maximum atomic E-state index is 13.0. The van der Waals surface area contributed by atoms with Crippen LogP contribution in [0, 0.1) is 6.92 Å². The Kier molecular flexibility index (Phi) is 2.68. The third-order valence-corrected chi connectivity index (χ3v) is 5.34. The molecule has 3 aromatic carbocycles. The number of aryl methyl sites for hydroxylation is 1. The van der Waals surface area contributed by atoms with Gasteiger partial charge < -0.3 is 4.90 Å². The van der Waals surface area contributed by atoms with Crippen LogP contribution in [0.3, 0.4) is 0 Å². The minimum Gasteiger partial charge on any atom is -0.311 e. The van der Waals surface area contributed by atoms with Gasteiger partial charge in [-0.15, -0.1) is 0 Å². The van der Waals surface area contributed by atoms with E-state index in [4.69, 9.17) is 0 Å². The van der Waals surface area contributed by atoms with Crippen molar-refractivity contribution in [3.05, 3.63) is 82.9 Å². The summed E-state index contributed by atoms with van der Waals surface area (Å²) >= 11 is 0. The predicted molar refractivity (Wildman–Crippen MR) is 94.9 cm³/mol. The van der Waals surface area contributed by atoms with E-state index in [-0.39, 0.29) is 5.91 Å². The number of rotatable bonds is 1. The Bertz CT molecular complexity index is 989. The smallest absolute Gasteiger partial charge is 0.256 e. The zero-order chi connectivity index (χ0) is 16.3. The first-order valence-corrected chi connectivity index (χ1v) is 8.38. The van der Waals surface area contributed by atoms with Gasteiger partial charge in [0, 0.05) is 29.8 Å². The van der Waals surface area contributed by atoms with Crippen LogP contribution < -0.4 is 5.32 Å². The summed E-state index contributed by atoms with van der Waals surface area (Å²) in [5.74, 6) is 0.128. The van der Waals surface area contributed by atoms with Gasteiger partial charge in [0.2, 0.25) is 0 Å². The molecule has 0 saturated carbocycles. The Morgan fingerprint density at radius 3 is 2.75 bits per heavy atom. The van der Waals surface area contributed by atoms with Crippen LogP contribution in [-0.4, -0.2) is 23.9 Å². The van der Waals surface area contributed by atoms with E-state index in [0.717, 1.165) is 29.8 Å². The summed E-state index contributed by atoms with van der Waals surface area (Å²) in [6, 6.07) is 20.9. The fraction of sp³-hybridized carbons (Fsp3) is 0.190. The van der Waals surface area contributed by atoms with E-state index in [1.54, 1.807) is 0 Å². The van der Waals surface area contributed by atoms with E-state index in [9.17, 15) is 4.79 Å². The highest BCUT2D eigenvalue weighted by atomic mass is 16.2. The Hall–Kier alpha value is -2.65. The number of carbonyl (C=O) groups is 1. The lowest BCUT2D eigenvalue weighted by molar-refractivity contribution is 0.0696. The van der Waals surface area contributed by atoms with Gasteiger partial charge in [0.15, 0.2) is 0 Å². The van der Waals surface area contributed by atoms with E-state index in [2.05, 4.69) is 60.8 Å². The van der Waals surface area contributed by atoms with E-state index in [1.165, 1.54) is 16.3 Å². The average Bonchev–Trinajstić information content (AvgIpc) is 3.14. The second-order valence-corrected chi connectivity index (χ2v) is 6.67. The van der Waals surface area contributed by atoms with E-state index in [0.29, 0.717) is 0 Å². The molecule has 1 unspecified atom stereocenters. The van der Waals surface area contributed by atoms with E-state index < -0.39 is 5.66 Å². The average molecular weight is 314 g/mol. The molecule has 1 fully saturated rings. The van der Waals surface area contributed by atoms with Crippen LogP contribution in [0.25, 0.3) is 10.8 Å². The van der Waals surface area contributed by atoms with Gasteiger partial charge in [-0.25, -0.2) is 0 Å². The van der Waals surface area contributed by atoms with Crippen molar-refractivity contribution in [1.82, 2.24) is 10.2 Å². The number of carbonyl (C=O) groups excluding carboxylic acids is 1. The first kappa shape index (κ1) is 13.8. The van der Waals surface area contributed by atoms with Gasteiger partial charge in [-0.3, -0.25) is 10.1 Å². The summed E-state index contributed by atoms with van der Waals surface area (Å²) in [7, 11) is 0. The van der Waals surface area contributed by atoms with Gasteiger partial charge in [0.25, 0.3) is 5.91 Å². The second kappa shape index (κ2) is 4.68. The number of fused-ring (bicyclic) bond motifs is 4. The number of hydrogen-bond donors (Lipinski definition) is 1. The molecule has 1 N–H and O–H groups in total. The number of nitrogens with zero attached hydrogens (tertiary/aromatic N) is 1. The zero-order valence-corrected chi connectivity index (χ0v) is 13.5. The van der Waals surface area contributed by atoms with Crippen LogP contribution in [0.2, 0.25) is 0 Å². The lowest BCUT2D eigenvalue weighted by atomic mass is 9.87. The number of hydrogen-bond acceptors (Lipinski definition) is 2. The van der Waals surface area contributed by atoms with Gasteiger partial charge in [-0.1, -0.05) is 60.2 Å². The molecular formula is C21H18N2O. The van der Waals surface area contributed by atoms with E-state index in [1.807, 2.05) is 17.0 Å². The highest BCUT2D eigenvalue weighted by Gasteiger charge is 2.54. The van der Waals surface area contributed by atoms with Crippen molar-refractivity contribution in [1.29, 1.82) is 0 Å². The monoisotopic (exact) mass is 314 g/mol. The Labute approximate surface area is 140 Å². The van der Waals surface area contributed by atoms with Crippen LogP contribution in [0.1, 0.15) is 27.0 Å². The molecular weight excluding hydrogens is 296 g/mol. The zero-order valence-electron chi connectivity index (χ0n) is 13.5. The third kappa shape index (κ3) is 1.57. The summed E-state index contributed by atoms with van der Waals surface area (Å²) < 4.78 is 0. The molecule has 24 heavy (non-hydrogen) atoms. The molecule has 1 atom stereocenters. The van der Waals surface area contributed by atoms with Crippen LogP contribution in [0.5, 0.6) is 0 Å². The van der Waals surface area contributed by atoms with Crippen LogP contribution in [-0.2, 0) is 5.66 Å². The summed E-state index contributed by atoms with van der Waals surface area (Å²) in [5, 5.41) is 6.06. The highest BCUT2D eigenvalue weighted by Crippen LogP contribution is 2.46. The highest BCUT2D eigenvalue weighted by molar-refractivity contribution is 6.02. The maximum Gasteiger partial charge on any atom is 0.256 e. The van der Waals surface area contributed by atoms with Crippen LogP contribution >= 0.6 is 0 Å². The Morgan fingerprint density at radius 2 is 1.83 bits per heavy atom. The minimum absolute atomic E-state index is 0.128. The fourth-order valence-corrected chi connectivity index (χ4v) is 4.32. The molecule has 5 rings (SSSR count). The Morgan fingerprint density at radius 1 is 1.00 bits per heavy atom. The fourth-order valence-electron chi connectivity index (χ4n) is 4.32. The molecule has 2 heterocycles. The van der Waals surface area contributed by atoms with Gasteiger partial charge in [0.1, 0.15) is 5.66 Å². The van der Waals surface area contributed by atoms with Crippen LogP contribution in [0.15, 0.2) is 60.7 Å². The van der Waals surface area contributed by atoms with Crippen molar-refractivity contribution in [3.63, 3.8) is 0 Å². The summed E-state index contributed by atoms with van der Waals surface area (Å²) in [4.78, 5) is 15.0. The van der Waals surface area contributed by atoms with Crippen molar-refractivity contribution >= 4 is 16.7 Å². The normalized spacial score (nSPS) is 22.0. The molecule has 0 aromatic heterocycles. The van der Waals surface area contributed by atoms with Crippen molar-refractivity contribution < 1.29 is 4.79 Å². The van der Waals surface area contributed by atoms with Gasteiger partial charge in [-0.2, -0.15) is 0 Å². The molecule has 2 aliphatic rings. The molecule has 3 nitrogen and oxygen atoms in total. The number of benzene rings is 3. The van der Waals surface area contributed by atoms with Gasteiger partial charge in [0.05, 0.1) is 0 Å². The number of amides is 1. The number of nitrogens with one attached hydrogen (secondary N) is 1. The lowest BCUT2D eigenvalue weighted by Gasteiger charge is -2.34. The van der Waals surface area contributed by atoms with Crippen LogP contribution in [0.4, 0.5) is 0 Å². The SMILES string of the molecule is Cc1ccc2c(c1)C1(c3cccc4ccccc34)NCCN1C2=O. The standard InChI is InChI=1S/C21H18N2O/c1-14-9-10-17-19(13-14)21(22-11-12-23(21)20(17)24)18-8-4-6-15-5-2-3-7-16(15)18/h2-10,13,22H,11-12H2,1H3. The molecule has 118 valence electrons. The molecule has 0 spiro atoms. The second-order valence-electron chi connectivity index (χ2n) is 6.67. The van der Waals surface area contributed by atoms with Crippen molar-refractivity contribution in [2.75, 3.05) is 13.1 Å². The molecule has 0 radical (unpaired) electrons. The largest absolute Gasteiger partial charge is 0.311 e. The predicted octanol–water partition coefficient (Wildman–Crippen LogP) is 3.41. The van der Waals surface area contributed by atoms with E-state index >= 15 is 0 Å². The molecule has 1 saturated heterocycles. The quantitative estimate of drug-likeness (QED) is 0.746. The first-order chi connectivity index (χ1) is 11.7. The molecule has 3 heteroatoms. The molecule has 3 aromatic rings. The summed E-state index contributed by atoms with van der Waals surface area (Å²) in [6.45, 7) is 3.62. The van der Waals surface area contributed by atoms with Crippen molar-refractivity contribution in [3.8, 4) is 0 Å².